The largest absolute Gasteiger partial charge is 0.481 e. The third-order valence-electron chi connectivity index (χ3n) is 3.44. The summed E-state index contributed by atoms with van der Waals surface area (Å²) in [5.74, 6) is -2.37. The van der Waals surface area contributed by atoms with Crippen LogP contribution >= 0.6 is 12.2 Å². The zero-order valence-electron chi connectivity index (χ0n) is 11.9. The van der Waals surface area contributed by atoms with Crippen LogP contribution in [0.25, 0.3) is 0 Å². The summed E-state index contributed by atoms with van der Waals surface area (Å²) < 4.78 is 0. The van der Waals surface area contributed by atoms with Gasteiger partial charge in [0.2, 0.25) is 5.78 Å². The van der Waals surface area contributed by atoms with Crippen LogP contribution in [0.3, 0.4) is 0 Å². The minimum Gasteiger partial charge on any atom is -0.481 e. The van der Waals surface area contributed by atoms with Crippen molar-refractivity contribution in [3.05, 3.63) is 71.8 Å². The van der Waals surface area contributed by atoms with Crippen molar-refractivity contribution in [1.82, 2.24) is 0 Å². The highest BCUT2D eigenvalue weighted by Gasteiger charge is 2.27. The molecule has 0 amide bonds. The van der Waals surface area contributed by atoms with Gasteiger partial charge in [0.05, 0.1) is 10.8 Å². The van der Waals surface area contributed by atoms with Gasteiger partial charge in [0.15, 0.2) is 0 Å². The van der Waals surface area contributed by atoms with Gasteiger partial charge in [-0.2, -0.15) is 0 Å². The van der Waals surface area contributed by atoms with Crippen LogP contribution < -0.4 is 0 Å². The summed E-state index contributed by atoms with van der Waals surface area (Å²) in [6, 6.07) is 18.1. The van der Waals surface area contributed by atoms with E-state index in [1.54, 1.807) is 30.3 Å². The highest BCUT2D eigenvalue weighted by atomic mass is 32.1. The number of rotatable bonds is 7. The van der Waals surface area contributed by atoms with Gasteiger partial charge >= 0.3 is 5.97 Å². The van der Waals surface area contributed by atoms with Crippen LogP contribution in [-0.2, 0) is 11.2 Å². The number of ketones is 1. The van der Waals surface area contributed by atoms with Crippen LogP contribution in [0.15, 0.2) is 60.7 Å². The van der Waals surface area contributed by atoms with Gasteiger partial charge in [-0.15, -0.1) is 0 Å². The molecule has 22 heavy (non-hydrogen) atoms. The molecule has 0 aliphatic carbocycles. The predicted molar refractivity (Wildman–Crippen MR) is 89.3 cm³/mol. The summed E-state index contributed by atoms with van der Waals surface area (Å²) in [7, 11) is 0. The normalized spacial score (nSPS) is 11.6. The Morgan fingerprint density at radius 3 is 2.05 bits per heavy atom. The van der Waals surface area contributed by atoms with Crippen molar-refractivity contribution in [3.8, 4) is 0 Å². The van der Waals surface area contributed by atoms with E-state index in [4.69, 9.17) is 12.2 Å². The Hall–Kier alpha value is -2.33. The first-order chi connectivity index (χ1) is 10.6. The molecule has 0 saturated carbocycles. The number of hydrogen-bond acceptors (Lipinski definition) is 3. The highest BCUT2D eigenvalue weighted by Crippen LogP contribution is 2.16. The minimum atomic E-state index is -1.05. The number of thiocarbonyl (C=S) groups is 1. The number of carbonyl (C=O) groups excluding carboxylic acids is 1. The predicted octanol–water partition coefficient (Wildman–Crippen LogP) is 3.57. The van der Waals surface area contributed by atoms with Gasteiger partial charge < -0.3 is 5.11 Å². The summed E-state index contributed by atoms with van der Waals surface area (Å²) in [6.07, 6.45) is 0.886. The van der Waals surface area contributed by atoms with Crippen LogP contribution in [0.2, 0.25) is 0 Å². The number of carboxylic acid groups (broad SMARTS) is 1. The fourth-order valence-corrected chi connectivity index (χ4v) is 2.55. The average molecular weight is 312 g/mol. The lowest BCUT2D eigenvalue weighted by Crippen LogP contribution is -2.29. The molecule has 4 heteroatoms. The molecule has 1 N–H and O–H groups in total. The maximum Gasteiger partial charge on any atom is 0.312 e. The average Bonchev–Trinajstić information content (AvgIpc) is 2.55. The summed E-state index contributed by atoms with van der Waals surface area (Å²) in [6.45, 7) is 0. The summed E-state index contributed by atoms with van der Waals surface area (Å²) in [4.78, 5) is 23.7. The number of hydrogen-bond donors (Lipinski definition) is 1. The van der Waals surface area contributed by atoms with Crippen LogP contribution in [0.1, 0.15) is 22.3 Å². The molecule has 0 aliphatic rings. The van der Waals surface area contributed by atoms with Gasteiger partial charge in [-0.3, -0.25) is 9.59 Å². The zero-order chi connectivity index (χ0) is 15.9. The van der Waals surface area contributed by atoms with Crippen molar-refractivity contribution in [1.29, 1.82) is 0 Å². The number of aliphatic carboxylic acids is 1. The van der Waals surface area contributed by atoms with E-state index in [0.717, 1.165) is 5.56 Å². The second-order valence-corrected chi connectivity index (χ2v) is 5.41. The highest BCUT2D eigenvalue weighted by molar-refractivity contribution is 7.82. The van der Waals surface area contributed by atoms with E-state index in [0.29, 0.717) is 18.4 Å². The SMILES string of the molecule is O=C(C(=S)C(CCc1ccccc1)C(=O)O)c1ccccc1. The molecule has 0 heterocycles. The lowest BCUT2D eigenvalue weighted by molar-refractivity contribution is -0.139. The van der Waals surface area contributed by atoms with E-state index >= 15 is 0 Å². The lowest BCUT2D eigenvalue weighted by Gasteiger charge is -2.13. The lowest BCUT2D eigenvalue weighted by atomic mass is 9.92. The molecule has 0 aliphatic heterocycles. The van der Waals surface area contributed by atoms with E-state index in [1.807, 2.05) is 30.3 Å². The Morgan fingerprint density at radius 2 is 1.50 bits per heavy atom. The molecule has 0 bridgehead atoms. The maximum atomic E-state index is 12.3. The first-order valence-electron chi connectivity index (χ1n) is 7.00. The van der Waals surface area contributed by atoms with Gasteiger partial charge in [0, 0.05) is 5.56 Å². The first-order valence-corrected chi connectivity index (χ1v) is 7.40. The van der Waals surface area contributed by atoms with Crippen LogP contribution in [0.5, 0.6) is 0 Å². The van der Waals surface area contributed by atoms with Crippen molar-refractivity contribution in [2.24, 2.45) is 5.92 Å². The Morgan fingerprint density at radius 1 is 0.955 bits per heavy atom. The number of carboxylic acids is 1. The monoisotopic (exact) mass is 312 g/mol. The zero-order valence-corrected chi connectivity index (χ0v) is 12.8. The van der Waals surface area contributed by atoms with Crippen molar-refractivity contribution >= 4 is 28.8 Å². The molecule has 1 atom stereocenters. The van der Waals surface area contributed by atoms with Crippen molar-refractivity contribution in [3.63, 3.8) is 0 Å². The van der Waals surface area contributed by atoms with Gasteiger partial charge in [0.25, 0.3) is 0 Å². The molecule has 0 aromatic heterocycles. The van der Waals surface area contributed by atoms with Crippen LogP contribution in [0.4, 0.5) is 0 Å². The molecule has 0 fully saturated rings. The number of aryl methyl sites for hydroxylation is 1. The second kappa shape index (κ2) is 7.61. The van der Waals surface area contributed by atoms with Crippen molar-refractivity contribution < 1.29 is 14.7 Å². The number of Topliss-reactive ketones (excluding diaryl/α,β-unsaturated/α-hetero) is 1. The van der Waals surface area contributed by atoms with Gasteiger partial charge in [-0.05, 0) is 18.4 Å². The molecule has 112 valence electrons. The molecule has 1 unspecified atom stereocenters. The summed E-state index contributed by atoms with van der Waals surface area (Å²) in [5, 5.41) is 9.38. The Bertz CT molecular complexity index is 665. The van der Waals surface area contributed by atoms with Gasteiger partial charge in [0.1, 0.15) is 0 Å². The Labute approximate surface area is 134 Å². The van der Waals surface area contributed by atoms with E-state index < -0.39 is 11.9 Å². The van der Waals surface area contributed by atoms with Crippen molar-refractivity contribution in [2.75, 3.05) is 0 Å². The quantitative estimate of drug-likeness (QED) is 0.627. The summed E-state index contributed by atoms with van der Waals surface area (Å²) >= 11 is 5.14. The fourth-order valence-electron chi connectivity index (χ4n) is 2.21. The molecular formula is C18H16O3S. The van der Waals surface area contributed by atoms with Crippen LogP contribution in [-0.4, -0.2) is 21.7 Å². The van der Waals surface area contributed by atoms with E-state index in [1.165, 1.54) is 0 Å². The van der Waals surface area contributed by atoms with E-state index in [-0.39, 0.29) is 10.6 Å². The first kappa shape index (κ1) is 16.0. The topological polar surface area (TPSA) is 54.4 Å². The molecule has 0 saturated heterocycles. The molecule has 0 spiro atoms. The van der Waals surface area contributed by atoms with E-state index in [2.05, 4.69) is 0 Å². The maximum absolute atomic E-state index is 12.3. The molecule has 2 aromatic rings. The Balaban J connectivity index is 2.09. The molecule has 0 radical (unpaired) electrons. The molecule has 2 aromatic carbocycles. The van der Waals surface area contributed by atoms with E-state index in [9.17, 15) is 14.7 Å². The second-order valence-electron chi connectivity index (χ2n) is 4.97. The fraction of sp³-hybridized carbons (Fsp3) is 0.167. The summed E-state index contributed by atoms with van der Waals surface area (Å²) in [5.41, 5.74) is 1.46. The standard InChI is InChI=1S/C18H16O3S/c19-16(14-9-5-2-6-10-14)17(22)15(18(20)21)12-11-13-7-3-1-4-8-13/h1-10,15H,11-12H2,(H,20,21). The van der Waals surface area contributed by atoms with Crippen molar-refractivity contribution in [2.45, 2.75) is 12.8 Å². The van der Waals surface area contributed by atoms with Crippen LogP contribution in [0, 0.1) is 5.92 Å². The molecular weight excluding hydrogens is 296 g/mol. The minimum absolute atomic E-state index is 0.0327. The number of benzene rings is 2. The number of carbonyl (C=O) groups is 2. The third-order valence-corrected chi connectivity index (χ3v) is 3.91. The smallest absolute Gasteiger partial charge is 0.312 e. The van der Waals surface area contributed by atoms with Gasteiger partial charge in [-0.25, -0.2) is 0 Å². The Kier molecular flexibility index (Phi) is 5.55. The molecule has 3 nitrogen and oxygen atoms in total. The molecule has 2 rings (SSSR count). The third kappa shape index (κ3) is 4.09. The van der Waals surface area contributed by atoms with Gasteiger partial charge in [-0.1, -0.05) is 72.9 Å².